The summed E-state index contributed by atoms with van der Waals surface area (Å²) < 4.78 is 0. The van der Waals surface area contributed by atoms with Crippen molar-refractivity contribution in [1.82, 2.24) is 10.2 Å². The van der Waals surface area contributed by atoms with Crippen LogP contribution in [0.25, 0.3) is 0 Å². The smallest absolute Gasteiger partial charge is 0.217 e. The molecule has 0 aliphatic carbocycles. The summed E-state index contributed by atoms with van der Waals surface area (Å²) in [7, 11) is 0. The molecule has 1 aliphatic heterocycles. The predicted octanol–water partition coefficient (Wildman–Crippen LogP) is 0.0680. The number of nitriles is 1. The van der Waals surface area contributed by atoms with Crippen LogP contribution in [0.4, 0.5) is 0 Å². The Morgan fingerprint density at radius 2 is 2.17 bits per heavy atom. The van der Waals surface area contributed by atoms with E-state index in [1.54, 1.807) is 4.90 Å². The number of nitrogens with one attached hydrogen (secondary N) is 1. The fourth-order valence-electron chi connectivity index (χ4n) is 1.41. The van der Waals surface area contributed by atoms with Gasteiger partial charge >= 0.3 is 0 Å². The number of nitrogens with zero attached hydrogens (tertiary/aromatic N) is 2. The summed E-state index contributed by atoms with van der Waals surface area (Å²) in [6.45, 7) is 3.06. The molecule has 4 nitrogen and oxygen atoms in total. The third-order valence-corrected chi connectivity index (χ3v) is 2.04. The van der Waals surface area contributed by atoms with E-state index in [4.69, 9.17) is 5.26 Å². The lowest BCUT2D eigenvalue weighted by molar-refractivity contribution is -0.119. The molecule has 0 bridgehead atoms. The van der Waals surface area contributed by atoms with Gasteiger partial charge in [-0.25, -0.2) is 0 Å². The van der Waals surface area contributed by atoms with Crippen LogP contribution in [0.3, 0.4) is 0 Å². The van der Waals surface area contributed by atoms with Gasteiger partial charge in [0.05, 0.1) is 0 Å². The maximum atomic E-state index is 10.7. The zero-order valence-electron chi connectivity index (χ0n) is 7.21. The Morgan fingerprint density at radius 1 is 1.58 bits per heavy atom. The normalized spacial score (nSPS) is 18.5. The first-order chi connectivity index (χ1) is 5.72. The van der Waals surface area contributed by atoms with Crippen LogP contribution in [0.1, 0.15) is 19.8 Å². The molecular formula is C8H13N3O. The summed E-state index contributed by atoms with van der Waals surface area (Å²) in [5.74, 6) is 0.0189. The number of amides is 1. The number of hydrogen-bond donors (Lipinski definition) is 1. The average Bonchev–Trinajstić information content (AvgIpc) is 2.05. The molecule has 66 valence electrons. The lowest BCUT2D eigenvalue weighted by atomic mass is 10.1. The summed E-state index contributed by atoms with van der Waals surface area (Å²) in [4.78, 5) is 12.4. The Hall–Kier alpha value is -1.24. The summed E-state index contributed by atoms with van der Waals surface area (Å²) in [5, 5.41) is 11.4. The van der Waals surface area contributed by atoms with Gasteiger partial charge in [-0.3, -0.25) is 4.79 Å². The number of hydrogen-bond acceptors (Lipinski definition) is 3. The molecule has 1 aliphatic rings. The molecule has 0 aromatic heterocycles. The molecule has 0 aromatic rings. The van der Waals surface area contributed by atoms with E-state index < -0.39 is 0 Å². The zero-order chi connectivity index (χ0) is 8.97. The van der Waals surface area contributed by atoms with Crippen LogP contribution in [-0.4, -0.2) is 29.9 Å². The predicted molar refractivity (Wildman–Crippen MR) is 44.0 cm³/mol. The summed E-state index contributed by atoms with van der Waals surface area (Å²) >= 11 is 0. The zero-order valence-corrected chi connectivity index (χ0v) is 7.21. The summed E-state index contributed by atoms with van der Waals surface area (Å²) in [6.07, 6.45) is 3.86. The second-order valence-corrected chi connectivity index (χ2v) is 3.06. The molecule has 1 N–H and O–H groups in total. The first-order valence-corrected chi connectivity index (χ1v) is 4.14. The standard InChI is InChI=1S/C8H13N3O/c1-7(12)10-8-2-4-11(6-9)5-3-8/h8H,2-5H2,1H3,(H,10,12). The molecule has 0 radical (unpaired) electrons. The largest absolute Gasteiger partial charge is 0.353 e. The van der Waals surface area contributed by atoms with Gasteiger partial charge in [-0.2, -0.15) is 5.26 Å². The monoisotopic (exact) mass is 167 g/mol. The van der Waals surface area contributed by atoms with Crippen molar-refractivity contribution < 1.29 is 4.79 Å². The number of carbonyl (C=O) groups is 1. The van der Waals surface area contributed by atoms with E-state index in [0.717, 1.165) is 25.9 Å². The van der Waals surface area contributed by atoms with Crippen molar-refractivity contribution in [2.75, 3.05) is 13.1 Å². The van der Waals surface area contributed by atoms with Crippen molar-refractivity contribution in [3.05, 3.63) is 0 Å². The fourth-order valence-corrected chi connectivity index (χ4v) is 1.41. The third-order valence-electron chi connectivity index (χ3n) is 2.04. The van der Waals surface area contributed by atoms with Gasteiger partial charge in [-0.1, -0.05) is 0 Å². The second-order valence-electron chi connectivity index (χ2n) is 3.06. The lowest BCUT2D eigenvalue weighted by Crippen LogP contribution is -2.42. The lowest BCUT2D eigenvalue weighted by Gasteiger charge is -2.28. The fraction of sp³-hybridized carbons (Fsp3) is 0.750. The van der Waals surface area contributed by atoms with Gasteiger partial charge in [-0.05, 0) is 12.8 Å². The molecule has 4 heteroatoms. The van der Waals surface area contributed by atoms with Gasteiger partial charge in [0, 0.05) is 26.1 Å². The highest BCUT2D eigenvalue weighted by Crippen LogP contribution is 2.08. The van der Waals surface area contributed by atoms with Crippen molar-refractivity contribution in [3.63, 3.8) is 0 Å². The maximum absolute atomic E-state index is 10.7. The van der Waals surface area contributed by atoms with Crippen LogP contribution in [0.2, 0.25) is 0 Å². The van der Waals surface area contributed by atoms with Crippen molar-refractivity contribution in [2.24, 2.45) is 0 Å². The van der Waals surface area contributed by atoms with E-state index in [9.17, 15) is 4.79 Å². The number of carbonyl (C=O) groups excluding carboxylic acids is 1. The average molecular weight is 167 g/mol. The van der Waals surface area contributed by atoms with E-state index in [0.29, 0.717) is 0 Å². The molecule has 0 aromatic carbocycles. The van der Waals surface area contributed by atoms with Gasteiger partial charge in [0.15, 0.2) is 6.19 Å². The van der Waals surface area contributed by atoms with E-state index in [-0.39, 0.29) is 11.9 Å². The third kappa shape index (κ3) is 2.42. The Kier molecular flexibility index (Phi) is 2.92. The minimum Gasteiger partial charge on any atom is -0.353 e. The first kappa shape index (κ1) is 8.85. The quantitative estimate of drug-likeness (QED) is 0.562. The molecule has 0 unspecified atom stereocenters. The van der Waals surface area contributed by atoms with E-state index in [1.807, 2.05) is 0 Å². The molecule has 1 heterocycles. The van der Waals surface area contributed by atoms with Crippen molar-refractivity contribution >= 4 is 5.91 Å². The molecule has 12 heavy (non-hydrogen) atoms. The van der Waals surface area contributed by atoms with Gasteiger partial charge < -0.3 is 10.2 Å². The Morgan fingerprint density at radius 3 is 2.58 bits per heavy atom. The minimum atomic E-state index is 0.0189. The van der Waals surface area contributed by atoms with E-state index in [1.165, 1.54) is 6.92 Å². The minimum absolute atomic E-state index is 0.0189. The van der Waals surface area contributed by atoms with Crippen molar-refractivity contribution in [3.8, 4) is 6.19 Å². The highest BCUT2D eigenvalue weighted by atomic mass is 16.1. The maximum Gasteiger partial charge on any atom is 0.217 e. The SMILES string of the molecule is CC(=O)NC1CCN(C#N)CC1. The molecular weight excluding hydrogens is 154 g/mol. The van der Waals surface area contributed by atoms with Crippen LogP contribution < -0.4 is 5.32 Å². The summed E-state index contributed by atoms with van der Waals surface area (Å²) in [5.41, 5.74) is 0. The van der Waals surface area contributed by atoms with E-state index >= 15 is 0 Å². The Balaban J connectivity index is 2.27. The van der Waals surface area contributed by atoms with Crippen LogP contribution in [0.15, 0.2) is 0 Å². The number of piperidine rings is 1. The highest BCUT2D eigenvalue weighted by Gasteiger charge is 2.18. The molecule has 0 spiro atoms. The molecule has 1 rings (SSSR count). The van der Waals surface area contributed by atoms with Crippen LogP contribution >= 0.6 is 0 Å². The molecule has 1 amide bonds. The number of rotatable bonds is 1. The molecule has 1 saturated heterocycles. The Bertz CT molecular complexity index is 201. The van der Waals surface area contributed by atoms with Gasteiger partial charge in [0.2, 0.25) is 5.91 Å². The van der Waals surface area contributed by atoms with Gasteiger partial charge in [0.1, 0.15) is 0 Å². The van der Waals surface area contributed by atoms with Crippen molar-refractivity contribution in [1.29, 1.82) is 5.26 Å². The van der Waals surface area contributed by atoms with Crippen LogP contribution in [-0.2, 0) is 4.79 Å². The highest BCUT2D eigenvalue weighted by molar-refractivity contribution is 5.73. The van der Waals surface area contributed by atoms with Crippen LogP contribution in [0, 0.1) is 11.5 Å². The summed E-state index contributed by atoms with van der Waals surface area (Å²) in [6, 6.07) is 0.270. The molecule has 0 atom stereocenters. The molecule has 0 saturated carbocycles. The first-order valence-electron chi connectivity index (χ1n) is 4.14. The van der Waals surface area contributed by atoms with Gasteiger partial charge in [-0.15, -0.1) is 0 Å². The Labute approximate surface area is 72.2 Å². The van der Waals surface area contributed by atoms with Gasteiger partial charge in [0.25, 0.3) is 0 Å². The van der Waals surface area contributed by atoms with Crippen molar-refractivity contribution in [2.45, 2.75) is 25.8 Å². The van der Waals surface area contributed by atoms with Crippen LogP contribution in [0.5, 0.6) is 0 Å². The second kappa shape index (κ2) is 3.96. The number of likely N-dealkylation sites (tertiary alicyclic amines) is 1. The van der Waals surface area contributed by atoms with E-state index in [2.05, 4.69) is 11.5 Å². The molecule has 1 fully saturated rings. The topological polar surface area (TPSA) is 56.1 Å².